The molecule has 1 saturated heterocycles. The van der Waals surface area contributed by atoms with Crippen LogP contribution >= 0.6 is 0 Å². The van der Waals surface area contributed by atoms with E-state index in [-0.39, 0.29) is 0 Å². The molecule has 4 aliphatic rings. The molecule has 2 bridgehead atoms. The molecule has 7 nitrogen and oxygen atoms in total. The number of likely N-dealkylation sites (tertiary alicyclic amines) is 1. The SMILES string of the molecule is NC1=NC(N)(c2ccc(C3CCN(C4CC5CCC4C5)CC3)nc2)NN1. The number of pyridine rings is 1. The summed E-state index contributed by atoms with van der Waals surface area (Å²) in [6.07, 6.45) is 10.1. The van der Waals surface area contributed by atoms with Gasteiger partial charge in [-0.05, 0) is 63.1 Å². The van der Waals surface area contributed by atoms with Gasteiger partial charge in [0.25, 0.3) is 0 Å². The molecule has 7 heteroatoms. The van der Waals surface area contributed by atoms with E-state index < -0.39 is 5.79 Å². The molecule has 6 N–H and O–H groups in total. The highest BCUT2D eigenvalue weighted by Gasteiger charge is 2.43. The molecule has 3 fully saturated rings. The Hall–Kier alpha value is -1.70. The van der Waals surface area contributed by atoms with E-state index in [9.17, 15) is 0 Å². The highest BCUT2D eigenvalue weighted by Crippen LogP contribution is 2.47. The first-order valence-corrected chi connectivity index (χ1v) is 9.98. The zero-order valence-corrected chi connectivity index (χ0v) is 15.2. The average Bonchev–Trinajstić information content (AvgIpc) is 3.38. The van der Waals surface area contributed by atoms with Crippen LogP contribution in [0.2, 0.25) is 0 Å². The lowest BCUT2D eigenvalue weighted by Gasteiger charge is -2.39. The maximum Gasteiger partial charge on any atom is 0.210 e. The van der Waals surface area contributed by atoms with Gasteiger partial charge in [0.15, 0.2) is 0 Å². The first-order valence-electron chi connectivity index (χ1n) is 9.98. The quantitative estimate of drug-likeness (QED) is 0.643. The maximum absolute atomic E-state index is 6.23. The third-order valence-electron chi connectivity index (χ3n) is 7.02. The number of nitrogens with zero attached hydrogens (tertiary/aromatic N) is 3. The molecule has 26 heavy (non-hydrogen) atoms. The summed E-state index contributed by atoms with van der Waals surface area (Å²) in [5.41, 5.74) is 19.5. The Kier molecular flexibility index (Phi) is 3.92. The van der Waals surface area contributed by atoms with E-state index in [1.54, 1.807) is 0 Å². The van der Waals surface area contributed by atoms with Crippen LogP contribution in [0.3, 0.4) is 0 Å². The van der Waals surface area contributed by atoms with Crippen LogP contribution in [-0.2, 0) is 5.79 Å². The van der Waals surface area contributed by atoms with E-state index in [1.807, 2.05) is 12.3 Å². The standard InChI is InChI=1S/C19H29N7/c20-18-23-19(21,25-24-18)15-3-4-16(22-11-15)13-5-7-26(8-6-13)17-10-12-1-2-14(17)9-12/h3-4,11-14,17,25H,1-2,5-10,21H2,(H3,20,23,24). The van der Waals surface area contributed by atoms with E-state index in [2.05, 4.69) is 26.8 Å². The van der Waals surface area contributed by atoms with E-state index in [0.717, 1.165) is 23.4 Å². The highest BCUT2D eigenvalue weighted by molar-refractivity contribution is 5.79. The Morgan fingerprint density at radius 3 is 2.54 bits per heavy atom. The van der Waals surface area contributed by atoms with Gasteiger partial charge in [0.05, 0.1) is 0 Å². The van der Waals surface area contributed by atoms with Crippen molar-refractivity contribution in [2.75, 3.05) is 13.1 Å². The Labute approximate surface area is 154 Å². The predicted octanol–water partition coefficient (Wildman–Crippen LogP) is 0.941. The van der Waals surface area contributed by atoms with Crippen LogP contribution in [0.4, 0.5) is 0 Å². The van der Waals surface area contributed by atoms with Gasteiger partial charge >= 0.3 is 0 Å². The number of hydrazine groups is 1. The van der Waals surface area contributed by atoms with Crippen molar-refractivity contribution in [1.29, 1.82) is 0 Å². The highest BCUT2D eigenvalue weighted by atomic mass is 15.6. The molecule has 5 rings (SSSR count). The number of piperidine rings is 1. The lowest BCUT2D eigenvalue weighted by molar-refractivity contribution is 0.110. The number of rotatable bonds is 3. The summed E-state index contributed by atoms with van der Waals surface area (Å²) < 4.78 is 0. The number of nitrogens with two attached hydrogens (primary N) is 2. The molecule has 1 aromatic heterocycles. The van der Waals surface area contributed by atoms with Crippen molar-refractivity contribution in [3.8, 4) is 0 Å². The molecule has 140 valence electrons. The van der Waals surface area contributed by atoms with Crippen LogP contribution in [0.15, 0.2) is 23.3 Å². The van der Waals surface area contributed by atoms with Crippen molar-refractivity contribution >= 4 is 5.96 Å². The Balaban J connectivity index is 1.22. The minimum atomic E-state index is -1.03. The molecule has 4 atom stereocenters. The smallest absolute Gasteiger partial charge is 0.210 e. The van der Waals surface area contributed by atoms with Crippen LogP contribution < -0.4 is 22.3 Å². The van der Waals surface area contributed by atoms with E-state index in [1.165, 1.54) is 57.3 Å². The molecule has 0 amide bonds. The zero-order valence-electron chi connectivity index (χ0n) is 15.2. The van der Waals surface area contributed by atoms with Crippen molar-refractivity contribution in [2.45, 2.75) is 56.3 Å². The Bertz CT molecular complexity index is 694. The summed E-state index contributed by atoms with van der Waals surface area (Å²) in [6, 6.07) is 4.99. The van der Waals surface area contributed by atoms with Gasteiger partial charge in [0.1, 0.15) is 0 Å². The number of fused-ring (bicyclic) bond motifs is 2. The summed E-state index contributed by atoms with van der Waals surface area (Å²) >= 11 is 0. The fraction of sp³-hybridized carbons (Fsp3) is 0.684. The molecule has 1 aromatic rings. The number of hydrogen-bond donors (Lipinski definition) is 4. The summed E-state index contributed by atoms with van der Waals surface area (Å²) in [6.45, 7) is 2.43. The molecule has 2 aliphatic heterocycles. The van der Waals surface area contributed by atoms with Crippen LogP contribution in [0.1, 0.15) is 55.7 Å². The van der Waals surface area contributed by atoms with Gasteiger partial charge in [-0.15, -0.1) is 0 Å². The van der Waals surface area contributed by atoms with Gasteiger partial charge < -0.3 is 10.6 Å². The van der Waals surface area contributed by atoms with Crippen molar-refractivity contribution in [3.05, 3.63) is 29.6 Å². The van der Waals surface area contributed by atoms with E-state index in [4.69, 9.17) is 16.5 Å². The van der Waals surface area contributed by atoms with Crippen LogP contribution in [0, 0.1) is 11.8 Å². The molecule has 2 aliphatic carbocycles. The molecule has 3 heterocycles. The summed E-state index contributed by atoms with van der Waals surface area (Å²) in [4.78, 5) is 11.7. The lowest BCUT2D eigenvalue weighted by Crippen LogP contribution is -2.50. The molecule has 0 radical (unpaired) electrons. The van der Waals surface area contributed by atoms with E-state index in [0.29, 0.717) is 11.9 Å². The Morgan fingerprint density at radius 2 is 1.96 bits per heavy atom. The fourth-order valence-corrected chi connectivity index (χ4v) is 5.60. The summed E-state index contributed by atoms with van der Waals surface area (Å²) in [7, 11) is 0. The molecule has 0 spiro atoms. The summed E-state index contributed by atoms with van der Waals surface area (Å²) in [5, 5.41) is 0. The Morgan fingerprint density at radius 1 is 1.12 bits per heavy atom. The van der Waals surface area contributed by atoms with Gasteiger partial charge in [-0.1, -0.05) is 12.5 Å². The minimum Gasteiger partial charge on any atom is -0.369 e. The third-order valence-corrected chi connectivity index (χ3v) is 7.02. The van der Waals surface area contributed by atoms with Gasteiger partial charge in [-0.2, -0.15) is 5.43 Å². The lowest BCUT2D eigenvalue weighted by atomic mass is 9.88. The number of aromatic nitrogens is 1. The number of aliphatic imine (C=N–C) groups is 1. The number of hydrogen-bond acceptors (Lipinski definition) is 7. The first kappa shape index (κ1) is 16.5. The topological polar surface area (TPSA) is 105 Å². The van der Waals surface area contributed by atoms with Crippen molar-refractivity contribution in [3.63, 3.8) is 0 Å². The van der Waals surface area contributed by atoms with Crippen LogP contribution in [-0.4, -0.2) is 35.0 Å². The average molecular weight is 355 g/mol. The molecule has 0 aromatic carbocycles. The van der Waals surface area contributed by atoms with Crippen molar-refractivity contribution in [2.24, 2.45) is 28.3 Å². The monoisotopic (exact) mass is 355 g/mol. The normalized spacial score (nSPS) is 37.7. The van der Waals surface area contributed by atoms with Crippen molar-refractivity contribution in [1.82, 2.24) is 20.7 Å². The van der Waals surface area contributed by atoms with Crippen molar-refractivity contribution < 1.29 is 0 Å². The third kappa shape index (κ3) is 2.78. The zero-order chi connectivity index (χ0) is 17.7. The van der Waals surface area contributed by atoms with Gasteiger partial charge in [-0.25, -0.2) is 4.99 Å². The second kappa shape index (κ2) is 6.18. The second-order valence-corrected chi connectivity index (χ2v) is 8.54. The van der Waals surface area contributed by atoms with Gasteiger partial charge in [0.2, 0.25) is 11.7 Å². The second-order valence-electron chi connectivity index (χ2n) is 8.54. The number of nitrogens with one attached hydrogen (secondary N) is 2. The molecular weight excluding hydrogens is 326 g/mol. The van der Waals surface area contributed by atoms with Gasteiger partial charge in [0, 0.05) is 29.4 Å². The molecule has 4 unspecified atom stereocenters. The fourth-order valence-electron chi connectivity index (χ4n) is 5.60. The number of guanidine groups is 1. The van der Waals surface area contributed by atoms with E-state index >= 15 is 0 Å². The van der Waals surface area contributed by atoms with Crippen LogP contribution in [0.5, 0.6) is 0 Å². The largest absolute Gasteiger partial charge is 0.369 e. The predicted molar refractivity (Wildman–Crippen MR) is 101 cm³/mol. The van der Waals surface area contributed by atoms with Crippen LogP contribution in [0.25, 0.3) is 0 Å². The molecule has 2 saturated carbocycles. The molecular formula is C19H29N7. The maximum atomic E-state index is 6.23. The minimum absolute atomic E-state index is 0.296. The van der Waals surface area contributed by atoms with Gasteiger partial charge in [-0.3, -0.25) is 16.1 Å². The summed E-state index contributed by atoms with van der Waals surface area (Å²) in [5.74, 6) is 1.83. The first-order chi connectivity index (χ1) is 12.6.